The molecule has 0 bridgehead atoms. The van der Waals surface area contributed by atoms with Gasteiger partial charge in [-0.15, -0.1) is 0 Å². The SMILES string of the molecule is CCOc1cc(C(=O)Nc2ccc(-n3ccnc3)nc2)ccc1OCc1ccncc1. The Balaban J connectivity index is 1.45. The van der Waals surface area contributed by atoms with Crippen LogP contribution in [0.2, 0.25) is 0 Å². The second kappa shape index (κ2) is 9.53. The Morgan fingerprint density at radius 2 is 1.87 bits per heavy atom. The van der Waals surface area contributed by atoms with Gasteiger partial charge in [-0.1, -0.05) is 0 Å². The standard InChI is InChI=1S/C23H21N5O3/c1-2-30-21-13-18(3-5-20(21)31-15-17-7-9-24-10-8-17)23(29)27-19-4-6-22(26-14-19)28-12-11-25-16-28/h3-14,16H,2,15H2,1H3,(H,27,29). The zero-order valence-electron chi connectivity index (χ0n) is 16.9. The number of hydrogen-bond donors (Lipinski definition) is 1. The number of anilines is 1. The third-order valence-corrected chi connectivity index (χ3v) is 4.42. The van der Waals surface area contributed by atoms with E-state index in [2.05, 4.69) is 20.3 Å². The number of benzene rings is 1. The van der Waals surface area contributed by atoms with E-state index in [0.717, 1.165) is 5.56 Å². The van der Waals surface area contributed by atoms with Crippen molar-refractivity contribution in [3.05, 3.63) is 90.9 Å². The van der Waals surface area contributed by atoms with Gasteiger partial charge >= 0.3 is 0 Å². The van der Waals surface area contributed by atoms with E-state index in [9.17, 15) is 4.79 Å². The summed E-state index contributed by atoms with van der Waals surface area (Å²) in [6.45, 7) is 2.71. The zero-order chi connectivity index (χ0) is 21.5. The van der Waals surface area contributed by atoms with Crippen LogP contribution in [0.1, 0.15) is 22.8 Å². The molecule has 156 valence electrons. The van der Waals surface area contributed by atoms with Crippen molar-refractivity contribution in [1.82, 2.24) is 19.5 Å². The summed E-state index contributed by atoms with van der Waals surface area (Å²) in [7, 11) is 0. The maximum Gasteiger partial charge on any atom is 0.255 e. The van der Waals surface area contributed by atoms with Gasteiger partial charge in [0.25, 0.3) is 5.91 Å². The van der Waals surface area contributed by atoms with Gasteiger partial charge in [0.15, 0.2) is 11.5 Å². The van der Waals surface area contributed by atoms with Gasteiger partial charge < -0.3 is 14.8 Å². The number of rotatable bonds is 8. The van der Waals surface area contributed by atoms with E-state index in [-0.39, 0.29) is 5.91 Å². The number of ether oxygens (including phenoxy) is 2. The minimum atomic E-state index is -0.265. The van der Waals surface area contributed by atoms with Gasteiger partial charge in [0.05, 0.1) is 18.5 Å². The molecule has 4 rings (SSSR count). The molecule has 0 aliphatic heterocycles. The molecule has 0 saturated carbocycles. The molecule has 8 nitrogen and oxygen atoms in total. The van der Waals surface area contributed by atoms with E-state index in [4.69, 9.17) is 9.47 Å². The lowest BCUT2D eigenvalue weighted by atomic mass is 10.2. The number of carbonyl (C=O) groups is 1. The normalized spacial score (nSPS) is 10.5. The topological polar surface area (TPSA) is 91.2 Å². The summed E-state index contributed by atoms with van der Waals surface area (Å²) in [6.07, 6.45) is 10.2. The fourth-order valence-electron chi connectivity index (χ4n) is 2.89. The highest BCUT2D eigenvalue weighted by Gasteiger charge is 2.13. The molecule has 0 unspecified atom stereocenters. The summed E-state index contributed by atoms with van der Waals surface area (Å²) in [5.74, 6) is 1.53. The average molecular weight is 415 g/mol. The lowest BCUT2D eigenvalue weighted by Crippen LogP contribution is -2.13. The number of carbonyl (C=O) groups excluding carboxylic acids is 1. The number of hydrogen-bond acceptors (Lipinski definition) is 6. The summed E-state index contributed by atoms with van der Waals surface area (Å²) >= 11 is 0. The van der Waals surface area contributed by atoms with Crippen LogP contribution in [-0.2, 0) is 6.61 Å². The molecule has 0 spiro atoms. The van der Waals surface area contributed by atoms with Crippen molar-refractivity contribution < 1.29 is 14.3 Å². The molecule has 0 aliphatic rings. The van der Waals surface area contributed by atoms with E-state index in [1.165, 1.54) is 0 Å². The molecule has 1 amide bonds. The Morgan fingerprint density at radius 1 is 1.00 bits per heavy atom. The summed E-state index contributed by atoms with van der Waals surface area (Å²) in [5, 5.41) is 2.85. The van der Waals surface area contributed by atoms with Crippen LogP contribution < -0.4 is 14.8 Å². The van der Waals surface area contributed by atoms with Crippen LogP contribution >= 0.6 is 0 Å². The van der Waals surface area contributed by atoms with E-state index in [1.54, 1.807) is 72.2 Å². The number of pyridine rings is 2. The molecular weight excluding hydrogens is 394 g/mol. The molecule has 0 atom stereocenters. The summed E-state index contributed by atoms with van der Waals surface area (Å²) in [5.41, 5.74) is 2.04. The first-order valence-electron chi connectivity index (χ1n) is 9.77. The summed E-state index contributed by atoms with van der Waals surface area (Å²) in [6, 6.07) is 12.5. The second-order valence-corrected chi connectivity index (χ2v) is 6.57. The quantitative estimate of drug-likeness (QED) is 0.469. The third-order valence-electron chi connectivity index (χ3n) is 4.42. The zero-order valence-corrected chi connectivity index (χ0v) is 16.9. The Morgan fingerprint density at radius 3 is 2.58 bits per heavy atom. The minimum Gasteiger partial charge on any atom is -0.490 e. The molecule has 8 heteroatoms. The number of nitrogens with one attached hydrogen (secondary N) is 1. The fourth-order valence-corrected chi connectivity index (χ4v) is 2.89. The largest absolute Gasteiger partial charge is 0.490 e. The first kappa shape index (κ1) is 20.1. The molecule has 1 N–H and O–H groups in total. The van der Waals surface area contributed by atoms with Gasteiger partial charge in [0.2, 0.25) is 0 Å². The van der Waals surface area contributed by atoms with Crippen molar-refractivity contribution in [2.24, 2.45) is 0 Å². The van der Waals surface area contributed by atoms with E-state index in [1.807, 2.05) is 19.1 Å². The molecule has 3 aromatic heterocycles. The van der Waals surface area contributed by atoms with Crippen molar-refractivity contribution in [1.29, 1.82) is 0 Å². The Labute approximate surface area is 179 Å². The number of imidazole rings is 1. The van der Waals surface area contributed by atoms with Gasteiger partial charge in [-0.05, 0) is 55.0 Å². The van der Waals surface area contributed by atoms with Crippen molar-refractivity contribution in [2.45, 2.75) is 13.5 Å². The fraction of sp³-hybridized carbons (Fsp3) is 0.130. The molecular formula is C23H21N5O3. The first-order chi connectivity index (χ1) is 15.2. The molecule has 4 aromatic rings. The van der Waals surface area contributed by atoms with E-state index in [0.29, 0.717) is 41.8 Å². The molecule has 0 fully saturated rings. The van der Waals surface area contributed by atoms with E-state index >= 15 is 0 Å². The van der Waals surface area contributed by atoms with E-state index < -0.39 is 0 Å². The Kier molecular flexibility index (Phi) is 6.18. The highest BCUT2D eigenvalue weighted by Crippen LogP contribution is 2.29. The van der Waals surface area contributed by atoms with Crippen molar-refractivity contribution >= 4 is 11.6 Å². The second-order valence-electron chi connectivity index (χ2n) is 6.57. The average Bonchev–Trinajstić information content (AvgIpc) is 3.34. The lowest BCUT2D eigenvalue weighted by Gasteiger charge is -2.13. The van der Waals surface area contributed by atoms with Crippen LogP contribution in [0.4, 0.5) is 5.69 Å². The monoisotopic (exact) mass is 415 g/mol. The smallest absolute Gasteiger partial charge is 0.255 e. The molecule has 0 radical (unpaired) electrons. The van der Waals surface area contributed by atoms with Crippen LogP contribution in [0.3, 0.4) is 0 Å². The molecule has 1 aromatic carbocycles. The Hall–Kier alpha value is -4.20. The predicted octanol–water partition coefficient (Wildman–Crippen LogP) is 3.89. The van der Waals surface area contributed by atoms with Gasteiger partial charge in [-0.25, -0.2) is 9.97 Å². The highest BCUT2D eigenvalue weighted by molar-refractivity contribution is 6.04. The maximum atomic E-state index is 12.7. The lowest BCUT2D eigenvalue weighted by molar-refractivity contribution is 0.102. The van der Waals surface area contributed by atoms with Crippen LogP contribution in [0.15, 0.2) is 79.8 Å². The Bertz CT molecular complexity index is 1130. The predicted molar refractivity (Wildman–Crippen MR) is 115 cm³/mol. The summed E-state index contributed by atoms with van der Waals surface area (Å²) in [4.78, 5) is 25.1. The van der Waals surface area contributed by atoms with Crippen LogP contribution in [-0.4, -0.2) is 32.0 Å². The first-order valence-corrected chi connectivity index (χ1v) is 9.77. The van der Waals surface area contributed by atoms with Crippen molar-refractivity contribution in [2.75, 3.05) is 11.9 Å². The molecule has 31 heavy (non-hydrogen) atoms. The van der Waals surface area contributed by atoms with Crippen molar-refractivity contribution in [3.63, 3.8) is 0 Å². The van der Waals surface area contributed by atoms with Gasteiger partial charge in [-0.2, -0.15) is 0 Å². The molecule has 0 saturated heterocycles. The number of aromatic nitrogens is 4. The highest BCUT2D eigenvalue weighted by atomic mass is 16.5. The number of amides is 1. The molecule has 3 heterocycles. The van der Waals surface area contributed by atoms with Crippen LogP contribution in [0.25, 0.3) is 5.82 Å². The minimum absolute atomic E-state index is 0.265. The number of nitrogens with zero attached hydrogens (tertiary/aromatic N) is 4. The van der Waals surface area contributed by atoms with Crippen LogP contribution in [0.5, 0.6) is 11.5 Å². The third kappa shape index (κ3) is 5.05. The van der Waals surface area contributed by atoms with Gasteiger partial charge in [0.1, 0.15) is 18.8 Å². The van der Waals surface area contributed by atoms with Crippen molar-refractivity contribution in [3.8, 4) is 17.3 Å². The van der Waals surface area contributed by atoms with Gasteiger partial charge in [0, 0.05) is 30.4 Å². The van der Waals surface area contributed by atoms with Gasteiger partial charge in [-0.3, -0.25) is 14.3 Å². The molecule has 0 aliphatic carbocycles. The van der Waals surface area contributed by atoms with Crippen LogP contribution in [0, 0.1) is 0 Å². The summed E-state index contributed by atoms with van der Waals surface area (Å²) < 4.78 is 13.3. The maximum absolute atomic E-state index is 12.7.